The number of rotatable bonds is 4. The molecule has 3 aromatic carbocycles. The molecule has 1 aromatic heterocycles. The monoisotopic (exact) mass is 388 g/mol. The number of hydrazone groups is 1. The number of hydrogen-bond acceptors (Lipinski definition) is 4. The summed E-state index contributed by atoms with van der Waals surface area (Å²) in [6.07, 6.45) is 1.65. The van der Waals surface area contributed by atoms with Gasteiger partial charge in [-0.15, -0.1) is 0 Å². The summed E-state index contributed by atoms with van der Waals surface area (Å²) in [4.78, 5) is 17.7. The van der Waals surface area contributed by atoms with Gasteiger partial charge < -0.3 is 0 Å². The number of benzene rings is 3. The number of fused-ring (bicyclic) bond motifs is 1. The molecule has 0 aliphatic heterocycles. The lowest BCUT2D eigenvalue weighted by atomic mass is 10.2. The van der Waals surface area contributed by atoms with E-state index in [-0.39, 0.29) is 5.56 Å². The van der Waals surface area contributed by atoms with Gasteiger partial charge in [0, 0.05) is 5.02 Å². The van der Waals surface area contributed by atoms with E-state index in [1.807, 2.05) is 61.5 Å². The maximum absolute atomic E-state index is 13.1. The van der Waals surface area contributed by atoms with Gasteiger partial charge in [0.2, 0.25) is 5.95 Å². The van der Waals surface area contributed by atoms with Crippen molar-refractivity contribution in [2.24, 2.45) is 5.10 Å². The lowest BCUT2D eigenvalue weighted by molar-refractivity contribution is 0.956. The Hall–Kier alpha value is -3.44. The van der Waals surface area contributed by atoms with E-state index in [2.05, 4.69) is 15.5 Å². The summed E-state index contributed by atoms with van der Waals surface area (Å²) in [6.45, 7) is 2.00. The molecule has 4 aromatic rings. The van der Waals surface area contributed by atoms with Crippen LogP contribution in [0.5, 0.6) is 0 Å². The molecule has 0 fully saturated rings. The topological polar surface area (TPSA) is 59.3 Å². The molecule has 0 aliphatic rings. The fourth-order valence-electron chi connectivity index (χ4n) is 2.85. The molecule has 0 saturated heterocycles. The summed E-state index contributed by atoms with van der Waals surface area (Å²) < 4.78 is 1.53. The van der Waals surface area contributed by atoms with Gasteiger partial charge in [-0.05, 0) is 48.9 Å². The first kappa shape index (κ1) is 17.9. The quantitative estimate of drug-likeness (QED) is 0.403. The second-order valence-corrected chi connectivity index (χ2v) is 6.79. The largest absolute Gasteiger partial charge is 0.268 e. The molecule has 0 amide bonds. The molecular weight excluding hydrogens is 372 g/mol. The molecule has 0 aliphatic carbocycles. The van der Waals surface area contributed by atoms with Gasteiger partial charge in [-0.3, -0.25) is 4.79 Å². The van der Waals surface area contributed by atoms with E-state index in [0.717, 1.165) is 16.8 Å². The van der Waals surface area contributed by atoms with Gasteiger partial charge >= 0.3 is 0 Å². The number of nitrogens with zero attached hydrogens (tertiary/aromatic N) is 3. The third kappa shape index (κ3) is 3.66. The van der Waals surface area contributed by atoms with Gasteiger partial charge in [-0.25, -0.2) is 15.0 Å². The summed E-state index contributed by atoms with van der Waals surface area (Å²) in [5, 5.41) is 5.47. The summed E-state index contributed by atoms with van der Waals surface area (Å²) >= 11 is 5.91. The van der Waals surface area contributed by atoms with Crippen LogP contribution in [0, 0.1) is 6.92 Å². The van der Waals surface area contributed by atoms with Gasteiger partial charge in [-0.1, -0.05) is 53.6 Å². The van der Waals surface area contributed by atoms with Crippen LogP contribution in [0.4, 0.5) is 5.95 Å². The molecule has 138 valence electrons. The Bertz CT molecular complexity index is 1210. The highest BCUT2D eigenvalue weighted by Crippen LogP contribution is 2.17. The highest BCUT2D eigenvalue weighted by atomic mass is 35.5. The van der Waals surface area contributed by atoms with Crippen LogP contribution in [0.1, 0.15) is 11.1 Å². The second-order valence-electron chi connectivity index (χ2n) is 6.35. The van der Waals surface area contributed by atoms with Crippen molar-refractivity contribution in [3.8, 4) is 5.69 Å². The summed E-state index contributed by atoms with van der Waals surface area (Å²) in [5.41, 5.74) is 6.08. The highest BCUT2D eigenvalue weighted by Gasteiger charge is 2.12. The van der Waals surface area contributed by atoms with Gasteiger partial charge in [0.05, 0.1) is 22.8 Å². The zero-order chi connectivity index (χ0) is 19.5. The fraction of sp³-hybridized carbons (Fsp3) is 0.0455. The molecule has 0 bridgehead atoms. The van der Waals surface area contributed by atoms with Gasteiger partial charge in [0.1, 0.15) is 0 Å². The van der Waals surface area contributed by atoms with E-state index >= 15 is 0 Å². The SMILES string of the molecule is Cc1ccc(-n2c(N/N=C\c3ccc(Cl)cc3)nc3ccccc3c2=O)cc1. The van der Waals surface area contributed by atoms with Crippen molar-refractivity contribution < 1.29 is 0 Å². The van der Waals surface area contributed by atoms with E-state index in [0.29, 0.717) is 21.9 Å². The molecule has 1 heterocycles. The number of aromatic nitrogens is 2. The molecule has 0 atom stereocenters. The van der Waals surface area contributed by atoms with Crippen LogP contribution in [-0.2, 0) is 0 Å². The van der Waals surface area contributed by atoms with Crippen molar-refractivity contribution in [2.45, 2.75) is 6.92 Å². The third-order valence-electron chi connectivity index (χ3n) is 4.32. The minimum Gasteiger partial charge on any atom is -0.268 e. The Balaban J connectivity index is 1.79. The first-order chi connectivity index (χ1) is 13.6. The van der Waals surface area contributed by atoms with Crippen LogP contribution in [0.3, 0.4) is 0 Å². The Kier molecular flexibility index (Phi) is 4.91. The van der Waals surface area contributed by atoms with Crippen molar-refractivity contribution in [3.63, 3.8) is 0 Å². The maximum atomic E-state index is 13.1. The predicted octanol–water partition coefficient (Wildman–Crippen LogP) is 4.79. The highest BCUT2D eigenvalue weighted by molar-refractivity contribution is 6.30. The van der Waals surface area contributed by atoms with E-state index in [1.165, 1.54) is 4.57 Å². The number of para-hydroxylation sites is 1. The van der Waals surface area contributed by atoms with Crippen LogP contribution >= 0.6 is 11.6 Å². The van der Waals surface area contributed by atoms with Crippen molar-refractivity contribution in [1.82, 2.24) is 9.55 Å². The van der Waals surface area contributed by atoms with Crippen molar-refractivity contribution >= 4 is 34.7 Å². The molecule has 0 spiro atoms. The molecule has 6 heteroatoms. The van der Waals surface area contributed by atoms with E-state index in [1.54, 1.807) is 24.4 Å². The lowest BCUT2D eigenvalue weighted by Gasteiger charge is -2.13. The number of anilines is 1. The van der Waals surface area contributed by atoms with Crippen molar-refractivity contribution in [3.05, 3.63) is 99.3 Å². The minimum absolute atomic E-state index is 0.154. The number of halogens is 1. The average Bonchev–Trinajstić information content (AvgIpc) is 2.71. The summed E-state index contributed by atoms with van der Waals surface area (Å²) in [7, 11) is 0. The minimum atomic E-state index is -0.154. The summed E-state index contributed by atoms with van der Waals surface area (Å²) in [5.74, 6) is 0.345. The Labute approximate surface area is 166 Å². The molecular formula is C22H17ClN4O. The molecule has 5 nitrogen and oxygen atoms in total. The van der Waals surface area contributed by atoms with Crippen LogP contribution in [-0.4, -0.2) is 15.8 Å². The number of hydrogen-bond donors (Lipinski definition) is 1. The van der Waals surface area contributed by atoms with Crippen molar-refractivity contribution in [1.29, 1.82) is 0 Å². The van der Waals surface area contributed by atoms with E-state index in [9.17, 15) is 4.79 Å². The summed E-state index contributed by atoms with van der Waals surface area (Å²) in [6, 6.07) is 22.3. The average molecular weight is 389 g/mol. The van der Waals surface area contributed by atoms with Gasteiger partial charge in [0.25, 0.3) is 5.56 Å². The fourth-order valence-corrected chi connectivity index (χ4v) is 2.98. The Morgan fingerprint density at radius 1 is 1.00 bits per heavy atom. The first-order valence-electron chi connectivity index (χ1n) is 8.75. The number of aryl methyl sites for hydroxylation is 1. The molecule has 28 heavy (non-hydrogen) atoms. The van der Waals surface area contributed by atoms with E-state index < -0.39 is 0 Å². The third-order valence-corrected chi connectivity index (χ3v) is 4.57. The van der Waals surface area contributed by atoms with Crippen LogP contribution < -0.4 is 11.0 Å². The molecule has 0 saturated carbocycles. The normalized spacial score (nSPS) is 11.2. The maximum Gasteiger partial charge on any atom is 0.267 e. The van der Waals surface area contributed by atoms with Crippen molar-refractivity contribution in [2.75, 3.05) is 5.43 Å². The van der Waals surface area contributed by atoms with Crippen LogP contribution in [0.25, 0.3) is 16.6 Å². The van der Waals surface area contributed by atoms with Crippen LogP contribution in [0.2, 0.25) is 5.02 Å². The predicted molar refractivity (Wildman–Crippen MR) is 115 cm³/mol. The second kappa shape index (κ2) is 7.66. The Morgan fingerprint density at radius 2 is 1.71 bits per heavy atom. The first-order valence-corrected chi connectivity index (χ1v) is 9.13. The van der Waals surface area contributed by atoms with Gasteiger partial charge in [0.15, 0.2) is 0 Å². The standard InChI is InChI=1S/C22H17ClN4O/c1-15-6-12-18(13-7-15)27-21(28)19-4-2-3-5-20(19)25-22(27)26-24-14-16-8-10-17(23)11-9-16/h2-14H,1H3,(H,25,26)/b24-14-. The molecule has 1 N–H and O–H groups in total. The zero-order valence-electron chi connectivity index (χ0n) is 15.1. The van der Waals surface area contributed by atoms with Gasteiger partial charge in [-0.2, -0.15) is 5.10 Å². The molecule has 0 radical (unpaired) electrons. The molecule has 4 rings (SSSR count). The molecule has 0 unspecified atom stereocenters. The van der Waals surface area contributed by atoms with Crippen LogP contribution in [0.15, 0.2) is 82.7 Å². The smallest absolute Gasteiger partial charge is 0.267 e. The lowest BCUT2D eigenvalue weighted by Crippen LogP contribution is -2.22. The Morgan fingerprint density at radius 3 is 2.46 bits per heavy atom. The van der Waals surface area contributed by atoms with E-state index in [4.69, 9.17) is 11.6 Å². The number of nitrogens with one attached hydrogen (secondary N) is 1. The zero-order valence-corrected chi connectivity index (χ0v) is 15.9.